The topological polar surface area (TPSA) is 72.9 Å². The zero-order chi connectivity index (χ0) is 14.0. The van der Waals surface area contributed by atoms with E-state index in [4.69, 9.17) is 17.3 Å². The summed E-state index contributed by atoms with van der Waals surface area (Å²) in [6.07, 6.45) is 1.69. The van der Waals surface area contributed by atoms with E-state index in [-0.39, 0.29) is 5.91 Å². The molecule has 0 unspecified atom stereocenters. The van der Waals surface area contributed by atoms with E-state index in [0.717, 1.165) is 15.7 Å². The Morgan fingerprint density at radius 1 is 1.68 bits per heavy atom. The number of nitrogens with zero attached hydrogens (tertiary/aromatic N) is 2. The highest BCUT2D eigenvalue weighted by atomic mass is 79.9. The quantitative estimate of drug-likeness (QED) is 0.875. The summed E-state index contributed by atoms with van der Waals surface area (Å²) < 4.78 is 3.10. The van der Waals surface area contributed by atoms with Crippen LogP contribution in [-0.4, -0.2) is 28.8 Å². The number of hydrogen-bond donors (Lipinski definition) is 2. The van der Waals surface area contributed by atoms with Gasteiger partial charge >= 0.3 is 0 Å². The van der Waals surface area contributed by atoms with Crippen molar-refractivity contribution in [3.05, 3.63) is 25.9 Å². The van der Waals surface area contributed by atoms with Crippen LogP contribution < -0.4 is 11.1 Å². The van der Waals surface area contributed by atoms with Gasteiger partial charge in [-0.2, -0.15) is 5.10 Å². The lowest BCUT2D eigenvalue weighted by atomic mass is 10.2. The smallest absolute Gasteiger partial charge is 0.261 e. The van der Waals surface area contributed by atoms with E-state index in [9.17, 15) is 4.79 Å². The Morgan fingerprint density at radius 3 is 3.00 bits per heavy atom. The zero-order valence-corrected chi connectivity index (χ0v) is 13.3. The van der Waals surface area contributed by atoms with Crippen molar-refractivity contribution in [2.24, 2.45) is 12.8 Å². The molecule has 0 fully saturated rings. The van der Waals surface area contributed by atoms with Crippen LogP contribution in [0.25, 0.3) is 11.3 Å². The van der Waals surface area contributed by atoms with Crippen molar-refractivity contribution in [1.29, 1.82) is 0 Å². The summed E-state index contributed by atoms with van der Waals surface area (Å²) in [4.78, 5) is 12.4. The van der Waals surface area contributed by atoms with E-state index in [2.05, 4.69) is 26.3 Å². The normalized spacial score (nSPS) is 10.7. The predicted molar refractivity (Wildman–Crippen MR) is 80.6 cm³/mol. The lowest BCUT2D eigenvalue weighted by Crippen LogP contribution is -2.28. The molecule has 0 spiro atoms. The Kier molecular flexibility index (Phi) is 4.62. The third-order valence-electron chi connectivity index (χ3n) is 2.49. The van der Waals surface area contributed by atoms with Gasteiger partial charge in [0.25, 0.3) is 5.91 Å². The molecule has 2 aromatic rings. The summed E-state index contributed by atoms with van der Waals surface area (Å²) in [5, 5.41) is 6.85. The van der Waals surface area contributed by atoms with Crippen LogP contribution in [0.15, 0.2) is 16.7 Å². The van der Waals surface area contributed by atoms with Gasteiger partial charge in [-0.25, -0.2) is 0 Å². The fourth-order valence-electron chi connectivity index (χ4n) is 1.63. The Balaban J connectivity index is 2.34. The van der Waals surface area contributed by atoms with E-state index in [0.29, 0.717) is 22.3 Å². The molecule has 3 N–H and O–H groups in total. The van der Waals surface area contributed by atoms with Crippen LogP contribution in [0.2, 0.25) is 4.34 Å². The number of aryl methyl sites for hydroxylation is 1. The number of rotatable bonds is 4. The van der Waals surface area contributed by atoms with Gasteiger partial charge in [-0.1, -0.05) is 11.6 Å². The van der Waals surface area contributed by atoms with Gasteiger partial charge in [0, 0.05) is 25.7 Å². The second kappa shape index (κ2) is 6.04. The van der Waals surface area contributed by atoms with Crippen molar-refractivity contribution in [1.82, 2.24) is 15.1 Å². The Hall–Kier alpha value is -0.890. The van der Waals surface area contributed by atoms with Gasteiger partial charge in [0.1, 0.15) is 4.34 Å². The van der Waals surface area contributed by atoms with E-state index in [1.807, 2.05) is 7.05 Å². The second-order valence-corrected chi connectivity index (χ2v) is 6.32. The fourth-order valence-corrected chi connectivity index (χ4v) is 3.38. The molecule has 0 aliphatic heterocycles. The third-order valence-corrected chi connectivity index (χ3v) is 4.43. The first kappa shape index (κ1) is 14.5. The summed E-state index contributed by atoms with van der Waals surface area (Å²) in [5.41, 5.74) is 6.99. The lowest BCUT2D eigenvalue weighted by Gasteiger charge is -2.01. The molecule has 0 bridgehead atoms. The van der Waals surface area contributed by atoms with Crippen LogP contribution in [0.3, 0.4) is 0 Å². The molecular formula is C11H12BrClN4OS. The van der Waals surface area contributed by atoms with Crippen molar-refractivity contribution in [3.8, 4) is 11.3 Å². The van der Waals surface area contributed by atoms with Crippen LogP contribution in [0.5, 0.6) is 0 Å². The number of aromatic nitrogens is 2. The highest BCUT2D eigenvalue weighted by Gasteiger charge is 2.18. The number of nitrogens with two attached hydrogens (primary N) is 1. The van der Waals surface area contributed by atoms with Crippen molar-refractivity contribution < 1.29 is 4.79 Å². The van der Waals surface area contributed by atoms with Crippen molar-refractivity contribution in [2.75, 3.05) is 13.1 Å². The maximum absolute atomic E-state index is 11.9. The third kappa shape index (κ3) is 3.00. The van der Waals surface area contributed by atoms with Gasteiger partial charge in [-0.05, 0) is 22.0 Å². The molecule has 0 radical (unpaired) electrons. The fraction of sp³-hybridized carbons (Fsp3) is 0.273. The molecule has 0 aliphatic carbocycles. The molecule has 5 nitrogen and oxygen atoms in total. The Morgan fingerprint density at radius 2 is 2.42 bits per heavy atom. The van der Waals surface area contributed by atoms with Crippen molar-refractivity contribution >= 4 is 44.8 Å². The maximum atomic E-state index is 11.9. The largest absolute Gasteiger partial charge is 0.350 e. The molecule has 0 saturated carbocycles. The highest BCUT2D eigenvalue weighted by Crippen LogP contribution is 2.38. The average molecular weight is 364 g/mol. The monoisotopic (exact) mass is 362 g/mol. The molecule has 2 heterocycles. The first-order valence-corrected chi connectivity index (χ1v) is 7.48. The van der Waals surface area contributed by atoms with Crippen LogP contribution in [0, 0.1) is 0 Å². The van der Waals surface area contributed by atoms with E-state index < -0.39 is 0 Å². The second-order valence-electron chi connectivity index (χ2n) is 3.81. The molecule has 2 rings (SSSR count). The molecular weight excluding hydrogens is 352 g/mol. The van der Waals surface area contributed by atoms with Gasteiger partial charge in [0.05, 0.1) is 21.2 Å². The van der Waals surface area contributed by atoms with Crippen LogP contribution >= 0.6 is 38.9 Å². The number of amides is 1. The van der Waals surface area contributed by atoms with Gasteiger partial charge in [-0.15, -0.1) is 11.3 Å². The molecule has 2 aromatic heterocycles. The SMILES string of the molecule is Cn1ncc(Br)c1-c1cc(C(=O)NCCN)sc1Cl. The minimum Gasteiger partial charge on any atom is -0.350 e. The average Bonchev–Trinajstić information content (AvgIpc) is 2.90. The molecule has 8 heteroatoms. The molecule has 19 heavy (non-hydrogen) atoms. The van der Waals surface area contributed by atoms with Crippen LogP contribution in [-0.2, 0) is 7.05 Å². The Bertz CT molecular complexity index is 590. The zero-order valence-electron chi connectivity index (χ0n) is 10.1. The summed E-state index contributed by atoms with van der Waals surface area (Å²) in [7, 11) is 1.82. The summed E-state index contributed by atoms with van der Waals surface area (Å²) in [5.74, 6) is -0.165. The van der Waals surface area contributed by atoms with E-state index in [1.165, 1.54) is 11.3 Å². The first-order chi connectivity index (χ1) is 9.04. The lowest BCUT2D eigenvalue weighted by molar-refractivity contribution is 0.0959. The van der Waals surface area contributed by atoms with Gasteiger partial charge in [0.15, 0.2) is 0 Å². The Labute approximate surface area is 127 Å². The number of halogens is 2. The number of carbonyl (C=O) groups is 1. The number of thiophene rings is 1. The maximum Gasteiger partial charge on any atom is 0.261 e. The summed E-state index contributed by atoms with van der Waals surface area (Å²) >= 11 is 10.9. The number of hydrogen-bond acceptors (Lipinski definition) is 4. The van der Waals surface area contributed by atoms with Gasteiger partial charge in [0.2, 0.25) is 0 Å². The van der Waals surface area contributed by atoms with Crippen molar-refractivity contribution in [3.63, 3.8) is 0 Å². The van der Waals surface area contributed by atoms with Crippen molar-refractivity contribution in [2.45, 2.75) is 0 Å². The van der Waals surface area contributed by atoms with E-state index in [1.54, 1.807) is 16.9 Å². The molecule has 0 aromatic carbocycles. The van der Waals surface area contributed by atoms with Gasteiger partial charge in [-0.3, -0.25) is 9.48 Å². The molecule has 0 atom stereocenters. The molecule has 0 saturated heterocycles. The minimum absolute atomic E-state index is 0.165. The molecule has 1 amide bonds. The first-order valence-electron chi connectivity index (χ1n) is 5.50. The molecule has 0 aliphatic rings. The number of nitrogens with one attached hydrogen (secondary N) is 1. The predicted octanol–water partition coefficient (Wildman–Crippen LogP) is 2.25. The molecule has 102 valence electrons. The number of carbonyl (C=O) groups excluding carboxylic acids is 1. The summed E-state index contributed by atoms with van der Waals surface area (Å²) in [6.45, 7) is 0.851. The van der Waals surface area contributed by atoms with Gasteiger partial charge < -0.3 is 11.1 Å². The minimum atomic E-state index is -0.165. The summed E-state index contributed by atoms with van der Waals surface area (Å²) in [6, 6.07) is 1.76. The van der Waals surface area contributed by atoms with Crippen LogP contribution in [0.1, 0.15) is 9.67 Å². The highest BCUT2D eigenvalue weighted by molar-refractivity contribution is 9.10. The van der Waals surface area contributed by atoms with E-state index >= 15 is 0 Å². The standard InChI is InChI=1S/C11H12BrClN4OS/c1-17-9(7(12)5-16-17)6-4-8(19-10(6)13)11(18)15-3-2-14/h4-5H,2-3,14H2,1H3,(H,15,18). The van der Waals surface area contributed by atoms with Crippen LogP contribution in [0.4, 0.5) is 0 Å².